The zero-order chi connectivity index (χ0) is 19.3. The van der Waals surface area contributed by atoms with Gasteiger partial charge in [-0.3, -0.25) is 0 Å². The van der Waals surface area contributed by atoms with Crippen molar-refractivity contribution in [1.82, 2.24) is 0 Å². The Morgan fingerprint density at radius 3 is 1.00 bits per heavy atom. The molecule has 0 bridgehead atoms. The second kappa shape index (κ2) is 4.56. The van der Waals surface area contributed by atoms with Gasteiger partial charge in [-0.1, -0.05) is 11.1 Å². The molecule has 0 saturated carbocycles. The summed E-state index contributed by atoms with van der Waals surface area (Å²) in [5, 5.41) is 0. The van der Waals surface area contributed by atoms with Crippen molar-refractivity contribution in [2.24, 2.45) is 10.8 Å². The lowest BCUT2D eigenvalue weighted by Gasteiger charge is -2.67. The summed E-state index contributed by atoms with van der Waals surface area (Å²) in [4.78, 5) is 0.228. The summed E-state index contributed by atoms with van der Waals surface area (Å²) in [5.41, 5.74) is 0.495. The highest BCUT2D eigenvalue weighted by Crippen LogP contribution is 2.78. The fourth-order valence-corrected chi connectivity index (χ4v) is 8.59. The normalized spacial score (nSPS) is 31.6. The van der Waals surface area contributed by atoms with Crippen LogP contribution in [-0.2, 0) is 19.7 Å². The highest BCUT2D eigenvalue weighted by atomic mass is 32.2. The summed E-state index contributed by atoms with van der Waals surface area (Å²) in [6.45, 7) is 17.3. The Hall–Kier alpha value is -0.620. The average Bonchev–Trinajstić information content (AvgIpc) is 2.37. The molecular weight excluding hydrogens is 344 g/mol. The molecule has 0 aromatic carbocycles. The Kier molecular flexibility index (Phi) is 3.74. The van der Waals surface area contributed by atoms with Crippen molar-refractivity contribution in [3.05, 3.63) is 21.0 Å². The second-order valence-corrected chi connectivity index (χ2v) is 14.7. The van der Waals surface area contributed by atoms with Crippen LogP contribution in [0.25, 0.3) is 0 Å². The van der Waals surface area contributed by atoms with Gasteiger partial charge in [-0.2, -0.15) is 0 Å². The molecule has 24 heavy (non-hydrogen) atoms. The van der Waals surface area contributed by atoms with Crippen molar-refractivity contribution in [3.63, 3.8) is 0 Å². The van der Waals surface area contributed by atoms with Gasteiger partial charge in [-0.25, -0.2) is 16.8 Å². The van der Waals surface area contributed by atoms with E-state index in [0.29, 0.717) is 0 Å². The van der Waals surface area contributed by atoms with Gasteiger partial charge >= 0.3 is 0 Å². The molecule has 0 aliphatic heterocycles. The quantitative estimate of drug-likeness (QED) is 0.685. The van der Waals surface area contributed by atoms with E-state index < -0.39 is 40.0 Å². The third-order valence-corrected chi connectivity index (χ3v) is 12.0. The number of allylic oxidation sites excluding steroid dienone is 4. The van der Waals surface area contributed by atoms with Gasteiger partial charge in [-0.15, -0.1) is 0 Å². The molecule has 2 unspecified atom stereocenters. The molecule has 0 amide bonds. The van der Waals surface area contributed by atoms with Gasteiger partial charge in [0.2, 0.25) is 0 Å². The monoisotopic (exact) mass is 374 g/mol. The summed E-state index contributed by atoms with van der Waals surface area (Å²) < 4.78 is 51.0. The van der Waals surface area contributed by atoms with Crippen LogP contribution in [0.3, 0.4) is 0 Å². The van der Waals surface area contributed by atoms with Crippen molar-refractivity contribution in [2.45, 2.75) is 78.7 Å². The van der Waals surface area contributed by atoms with E-state index in [0.717, 1.165) is 11.1 Å². The molecule has 2 rings (SSSR count). The fourth-order valence-electron chi connectivity index (χ4n) is 4.02. The molecule has 2 aliphatic rings. The van der Waals surface area contributed by atoms with Gasteiger partial charge in [0.05, 0.1) is 19.3 Å². The average molecular weight is 375 g/mol. The van der Waals surface area contributed by atoms with Crippen LogP contribution in [0.4, 0.5) is 0 Å². The summed E-state index contributed by atoms with van der Waals surface area (Å²) in [6, 6.07) is 0. The molecule has 0 saturated heterocycles. The standard InChI is InChI=1S/C18H30O4S2/c1-11-12(2)18(10)14(24(21,22)16(6,7)8)13(17(11,18)9)23(19,20)15(3,4)5/h1-10H3. The molecule has 2 aliphatic carbocycles. The van der Waals surface area contributed by atoms with Crippen LogP contribution in [0.5, 0.6) is 0 Å². The van der Waals surface area contributed by atoms with Crippen molar-refractivity contribution < 1.29 is 16.8 Å². The van der Waals surface area contributed by atoms with Gasteiger partial charge in [0.25, 0.3) is 0 Å². The van der Waals surface area contributed by atoms with E-state index in [9.17, 15) is 16.8 Å². The molecular formula is C18H30O4S2. The van der Waals surface area contributed by atoms with Gasteiger partial charge in [0, 0.05) is 10.8 Å². The van der Waals surface area contributed by atoms with Crippen molar-refractivity contribution >= 4 is 19.7 Å². The van der Waals surface area contributed by atoms with Crippen LogP contribution >= 0.6 is 0 Å². The second-order valence-electron chi connectivity index (χ2n) is 9.39. The van der Waals surface area contributed by atoms with Gasteiger partial charge in [0.1, 0.15) is 0 Å². The summed E-state index contributed by atoms with van der Waals surface area (Å²) >= 11 is 0. The number of rotatable bonds is 2. The first-order valence-electron chi connectivity index (χ1n) is 8.23. The molecule has 0 N–H and O–H groups in total. The van der Waals surface area contributed by atoms with Gasteiger partial charge < -0.3 is 0 Å². The summed E-state index contributed by atoms with van der Waals surface area (Å²) in [5.74, 6) is 0. The molecule has 2 atom stereocenters. The Bertz CT molecular complexity index is 814. The van der Waals surface area contributed by atoms with E-state index >= 15 is 0 Å². The van der Waals surface area contributed by atoms with E-state index in [1.54, 1.807) is 41.5 Å². The Balaban J connectivity index is 2.97. The van der Waals surface area contributed by atoms with E-state index in [4.69, 9.17) is 0 Å². The molecule has 4 nitrogen and oxygen atoms in total. The first-order valence-corrected chi connectivity index (χ1v) is 11.2. The van der Waals surface area contributed by atoms with E-state index in [-0.39, 0.29) is 9.81 Å². The predicted molar refractivity (Wildman–Crippen MR) is 99.0 cm³/mol. The molecule has 0 heterocycles. The first kappa shape index (κ1) is 19.7. The maximum atomic E-state index is 13.3. The lowest BCUT2D eigenvalue weighted by Crippen LogP contribution is -2.64. The van der Waals surface area contributed by atoms with E-state index in [2.05, 4.69) is 0 Å². The van der Waals surface area contributed by atoms with E-state index in [1.807, 2.05) is 27.7 Å². The third kappa shape index (κ3) is 1.79. The van der Waals surface area contributed by atoms with Crippen molar-refractivity contribution in [3.8, 4) is 0 Å². The summed E-state index contributed by atoms with van der Waals surface area (Å²) in [6.07, 6.45) is 0. The maximum absolute atomic E-state index is 13.3. The number of hydrogen-bond donors (Lipinski definition) is 0. The number of sulfone groups is 2. The van der Waals surface area contributed by atoms with Crippen LogP contribution in [-0.4, -0.2) is 26.3 Å². The van der Waals surface area contributed by atoms with Crippen LogP contribution in [0.1, 0.15) is 69.2 Å². The highest BCUT2D eigenvalue weighted by molar-refractivity contribution is 8.00. The van der Waals surface area contributed by atoms with Crippen LogP contribution in [0.2, 0.25) is 0 Å². The minimum absolute atomic E-state index is 0.114. The maximum Gasteiger partial charge on any atom is 0.181 e. The highest BCUT2D eigenvalue weighted by Gasteiger charge is 2.74. The molecule has 0 radical (unpaired) electrons. The van der Waals surface area contributed by atoms with Crippen molar-refractivity contribution in [1.29, 1.82) is 0 Å². The minimum atomic E-state index is -3.75. The lowest BCUT2D eigenvalue weighted by atomic mass is 9.42. The van der Waals surface area contributed by atoms with Crippen LogP contribution in [0.15, 0.2) is 21.0 Å². The molecule has 0 fully saturated rings. The molecule has 6 heteroatoms. The predicted octanol–water partition coefficient (Wildman–Crippen LogP) is 4.00. The Morgan fingerprint density at radius 2 is 0.833 bits per heavy atom. The SMILES string of the molecule is CC1=C(C)C2(C)C(S(=O)(=O)C(C)(C)C)=C(S(=O)(=O)C(C)(C)C)C12C. The lowest BCUT2D eigenvalue weighted by molar-refractivity contribution is 0.153. The van der Waals surface area contributed by atoms with E-state index in [1.165, 1.54) is 0 Å². The Morgan fingerprint density at radius 1 is 0.625 bits per heavy atom. The smallest absolute Gasteiger partial charge is 0.181 e. The van der Waals surface area contributed by atoms with Gasteiger partial charge in [-0.05, 0) is 69.2 Å². The first-order chi connectivity index (χ1) is 10.3. The minimum Gasteiger partial charge on any atom is -0.223 e. The molecule has 0 aromatic heterocycles. The third-order valence-electron chi connectivity index (χ3n) is 6.33. The molecule has 138 valence electrons. The zero-order valence-electron chi connectivity index (χ0n) is 16.4. The van der Waals surface area contributed by atoms with Crippen molar-refractivity contribution in [2.75, 3.05) is 0 Å². The molecule has 0 spiro atoms. The van der Waals surface area contributed by atoms with Gasteiger partial charge in [0.15, 0.2) is 19.7 Å². The zero-order valence-corrected chi connectivity index (χ0v) is 18.1. The summed E-state index contributed by atoms with van der Waals surface area (Å²) in [7, 11) is -7.50. The fraction of sp³-hybridized carbons (Fsp3) is 0.778. The number of hydrogen-bond acceptors (Lipinski definition) is 4. The van der Waals surface area contributed by atoms with Crippen LogP contribution in [0, 0.1) is 10.8 Å². The largest absolute Gasteiger partial charge is 0.223 e. The van der Waals surface area contributed by atoms with Crippen LogP contribution < -0.4 is 0 Å². The topological polar surface area (TPSA) is 68.3 Å². The molecule has 0 aromatic rings. The number of fused-ring (bicyclic) bond motifs is 1. The Labute approximate surface area is 147 Å².